The number of ether oxygens (including phenoxy) is 2. The maximum atomic E-state index is 12.3. The van der Waals surface area contributed by atoms with Crippen LogP contribution in [0.2, 0.25) is 0 Å². The van der Waals surface area contributed by atoms with Crippen LogP contribution in [0.25, 0.3) is 6.08 Å². The summed E-state index contributed by atoms with van der Waals surface area (Å²) in [6.45, 7) is 3.95. The number of hydrogen-bond acceptors (Lipinski definition) is 4. The topological polar surface area (TPSA) is 71.3 Å². The van der Waals surface area contributed by atoms with Crippen LogP contribution in [0.5, 0.6) is 11.5 Å². The van der Waals surface area contributed by atoms with E-state index >= 15 is 0 Å². The Labute approximate surface area is 160 Å². The minimum Gasteiger partial charge on any atom is -0.493 e. The molecule has 6 heteroatoms. The highest BCUT2D eigenvalue weighted by molar-refractivity contribution is 9.10. The number of nitrogens with one attached hydrogen (secondary N) is 1. The van der Waals surface area contributed by atoms with Crippen LogP contribution in [0.4, 0.5) is 5.69 Å². The lowest BCUT2D eigenvalue weighted by atomic mass is 10.1. The average Bonchev–Trinajstić information content (AvgIpc) is 2.66. The number of methoxy groups -OCH3 is 1. The summed E-state index contributed by atoms with van der Waals surface area (Å²) in [5.41, 5.74) is 1.23. The zero-order chi connectivity index (χ0) is 18.9. The largest absolute Gasteiger partial charge is 0.493 e. The summed E-state index contributed by atoms with van der Waals surface area (Å²) in [4.78, 5) is 12.3. The summed E-state index contributed by atoms with van der Waals surface area (Å²) >= 11 is 3.33. The van der Waals surface area contributed by atoms with Gasteiger partial charge in [-0.1, -0.05) is 34.7 Å². The van der Waals surface area contributed by atoms with E-state index in [-0.39, 0.29) is 5.57 Å². The highest BCUT2D eigenvalue weighted by Gasteiger charge is 2.11. The third-order valence-corrected chi connectivity index (χ3v) is 3.85. The minimum atomic E-state index is -0.485. The molecule has 0 aliphatic heterocycles. The maximum absolute atomic E-state index is 12.3. The number of rotatable bonds is 7. The van der Waals surface area contributed by atoms with Gasteiger partial charge in [-0.05, 0) is 48.0 Å². The van der Waals surface area contributed by atoms with Crippen molar-refractivity contribution in [2.45, 2.75) is 0 Å². The summed E-state index contributed by atoms with van der Waals surface area (Å²) in [6, 6.07) is 14.2. The van der Waals surface area contributed by atoms with Gasteiger partial charge in [0.25, 0.3) is 5.91 Å². The van der Waals surface area contributed by atoms with Crippen molar-refractivity contribution in [3.05, 3.63) is 70.7 Å². The van der Waals surface area contributed by atoms with E-state index in [1.807, 2.05) is 6.07 Å². The summed E-state index contributed by atoms with van der Waals surface area (Å²) in [5.74, 6) is 0.578. The molecule has 0 aromatic heterocycles. The van der Waals surface area contributed by atoms with Gasteiger partial charge in [-0.3, -0.25) is 4.79 Å². The number of nitrogens with zero attached hydrogens (tertiary/aromatic N) is 1. The highest BCUT2D eigenvalue weighted by atomic mass is 79.9. The van der Waals surface area contributed by atoms with Gasteiger partial charge in [0.15, 0.2) is 11.5 Å². The molecule has 0 radical (unpaired) electrons. The molecule has 0 bridgehead atoms. The summed E-state index contributed by atoms with van der Waals surface area (Å²) < 4.78 is 11.7. The fraction of sp³-hybridized carbons (Fsp3) is 0.100. The van der Waals surface area contributed by atoms with Crippen molar-refractivity contribution in [1.82, 2.24) is 0 Å². The van der Waals surface area contributed by atoms with E-state index < -0.39 is 5.91 Å². The smallest absolute Gasteiger partial charge is 0.266 e. The van der Waals surface area contributed by atoms with Gasteiger partial charge < -0.3 is 14.8 Å². The first-order chi connectivity index (χ1) is 12.6. The molecule has 0 atom stereocenters. The molecule has 132 valence electrons. The quantitative estimate of drug-likeness (QED) is 0.410. The van der Waals surface area contributed by atoms with Crippen molar-refractivity contribution in [1.29, 1.82) is 5.26 Å². The molecule has 1 N–H and O–H groups in total. The molecule has 0 heterocycles. The van der Waals surface area contributed by atoms with Gasteiger partial charge in [-0.25, -0.2) is 0 Å². The Morgan fingerprint density at radius 1 is 1.27 bits per heavy atom. The number of nitriles is 1. The Balaban J connectivity index is 2.21. The summed E-state index contributed by atoms with van der Waals surface area (Å²) in [6.07, 6.45) is 3.13. The molecule has 0 spiro atoms. The van der Waals surface area contributed by atoms with Crippen molar-refractivity contribution in [2.75, 3.05) is 19.0 Å². The standard InChI is InChI=1S/C20H17BrN2O3/c1-3-10-26-18-9-4-14(12-19(18)25-2)11-15(13-22)20(24)23-17-7-5-16(21)6-8-17/h3-9,11-12H,1,10H2,2H3,(H,23,24)/b15-11-. The van der Waals surface area contributed by atoms with Gasteiger partial charge in [0, 0.05) is 10.2 Å². The van der Waals surface area contributed by atoms with Crippen molar-refractivity contribution < 1.29 is 14.3 Å². The molecule has 1 amide bonds. The minimum absolute atomic E-state index is 0.0188. The van der Waals surface area contributed by atoms with Crippen LogP contribution in [0.1, 0.15) is 5.56 Å². The van der Waals surface area contributed by atoms with E-state index in [0.717, 1.165) is 4.47 Å². The zero-order valence-electron chi connectivity index (χ0n) is 14.2. The Morgan fingerprint density at radius 2 is 2.00 bits per heavy atom. The van der Waals surface area contributed by atoms with Gasteiger partial charge in [0.1, 0.15) is 18.2 Å². The van der Waals surface area contributed by atoms with E-state index in [9.17, 15) is 10.1 Å². The maximum Gasteiger partial charge on any atom is 0.266 e. The predicted octanol–water partition coefficient (Wildman–Crippen LogP) is 4.57. The van der Waals surface area contributed by atoms with Crippen molar-refractivity contribution >= 4 is 33.6 Å². The van der Waals surface area contributed by atoms with Crippen molar-refractivity contribution in [3.8, 4) is 17.6 Å². The van der Waals surface area contributed by atoms with Crippen LogP contribution in [-0.2, 0) is 4.79 Å². The van der Waals surface area contributed by atoms with Crippen molar-refractivity contribution in [2.24, 2.45) is 0 Å². The van der Waals surface area contributed by atoms with Gasteiger partial charge in [0.05, 0.1) is 7.11 Å². The van der Waals surface area contributed by atoms with Crippen LogP contribution in [0.3, 0.4) is 0 Å². The molecule has 0 aliphatic rings. The predicted molar refractivity (Wildman–Crippen MR) is 105 cm³/mol. The first-order valence-electron chi connectivity index (χ1n) is 7.68. The fourth-order valence-electron chi connectivity index (χ4n) is 2.09. The van der Waals surface area contributed by atoms with E-state index in [4.69, 9.17) is 9.47 Å². The Bertz CT molecular complexity index is 868. The second kappa shape index (κ2) is 9.44. The van der Waals surface area contributed by atoms with Crippen LogP contribution in [0, 0.1) is 11.3 Å². The van der Waals surface area contributed by atoms with Crippen LogP contribution < -0.4 is 14.8 Å². The van der Waals surface area contributed by atoms with Gasteiger partial charge in [0.2, 0.25) is 0 Å². The molecular weight excluding hydrogens is 396 g/mol. The lowest BCUT2D eigenvalue weighted by Crippen LogP contribution is -2.13. The Kier molecular flexibility index (Phi) is 7.01. The van der Waals surface area contributed by atoms with Crippen LogP contribution >= 0.6 is 15.9 Å². The Morgan fingerprint density at radius 3 is 2.62 bits per heavy atom. The SMILES string of the molecule is C=CCOc1ccc(/C=C(/C#N)C(=O)Nc2ccc(Br)cc2)cc1OC. The van der Waals surface area contributed by atoms with E-state index in [0.29, 0.717) is 29.4 Å². The normalized spacial score (nSPS) is 10.6. The van der Waals surface area contributed by atoms with Gasteiger partial charge in [-0.15, -0.1) is 0 Å². The second-order valence-electron chi connectivity index (χ2n) is 5.14. The van der Waals surface area contributed by atoms with Crippen molar-refractivity contribution in [3.63, 3.8) is 0 Å². The first kappa shape index (κ1) is 19.3. The van der Waals surface area contributed by atoms with Gasteiger partial charge in [-0.2, -0.15) is 5.26 Å². The van der Waals surface area contributed by atoms with Crippen LogP contribution in [0.15, 0.2) is 65.2 Å². The van der Waals surface area contributed by atoms with Gasteiger partial charge >= 0.3 is 0 Å². The summed E-state index contributed by atoms with van der Waals surface area (Å²) in [5, 5.41) is 12.0. The number of halogens is 1. The first-order valence-corrected chi connectivity index (χ1v) is 8.47. The van der Waals surface area contributed by atoms with Crippen LogP contribution in [-0.4, -0.2) is 19.6 Å². The number of amides is 1. The molecular formula is C20H17BrN2O3. The second-order valence-corrected chi connectivity index (χ2v) is 6.06. The summed E-state index contributed by atoms with van der Waals surface area (Å²) in [7, 11) is 1.52. The van der Waals surface area contributed by atoms with E-state index in [1.165, 1.54) is 13.2 Å². The number of carbonyl (C=O) groups is 1. The third-order valence-electron chi connectivity index (χ3n) is 3.32. The molecule has 0 aliphatic carbocycles. The number of carbonyl (C=O) groups excluding carboxylic acids is 1. The monoisotopic (exact) mass is 412 g/mol. The fourth-order valence-corrected chi connectivity index (χ4v) is 2.35. The molecule has 2 rings (SSSR count). The molecule has 26 heavy (non-hydrogen) atoms. The number of anilines is 1. The molecule has 0 saturated carbocycles. The lowest BCUT2D eigenvalue weighted by Gasteiger charge is -2.10. The number of benzene rings is 2. The average molecular weight is 413 g/mol. The number of hydrogen-bond donors (Lipinski definition) is 1. The molecule has 0 unspecified atom stereocenters. The highest BCUT2D eigenvalue weighted by Crippen LogP contribution is 2.29. The molecule has 2 aromatic rings. The zero-order valence-corrected chi connectivity index (χ0v) is 15.7. The molecule has 5 nitrogen and oxygen atoms in total. The van der Waals surface area contributed by atoms with E-state index in [1.54, 1.807) is 48.5 Å². The molecule has 0 fully saturated rings. The lowest BCUT2D eigenvalue weighted by molar-refractivity contribution is -0.112. The van der Waals surface area contributed by atoms with E-state index in [2.05, 4.69) is 27.8 Å². The molecule has 2 aromatic carbocycles. The third kappa shape index (κ3) is 5.23. The Hall–Kier alpha value is -3.04. The molecule has 0 saturated heterocycles.